The van der Waals surface area contributed by atoms with Crippen LogP contribution in [0.1, 0.15) is 5.82 Å². The topological polar surface area (TPSA) is 17.8 Å². The molecule has 0 radical (unpaired) electrons. The van der Waals surface area contributed by atoms with Crippen LogP contribution in [0.5, 0.6) is 0 Å². The number of hydrogen-bond acceptors (Lipinski definition) is 1. The van der Waals surface area contributed by atoms with E-state index in [0.717, 1.165) is 31.5 Å². The minimum atomic E-state index is 0.513. The lowest BCUT2D eigenvalue weighted by Crippen LogP contribution is -2.03. The van der Waals surface area contributed by atoms with Crippen molar-refractivity contribution in [3.63, 3.8) is 0 Å². The maximum absolute atomic E-state index is 6.41. The molecule has 3 aromatic rings. The van der Waals surface area contributed by atoms with Crippen molar-refractivity contribution in [1.82, 2.24) is 9.55 Å². The molecule has 0 saturated heterocycles. The Hall–Kier alpha value is -0.550. The normalized spacial score (nSPS) is 11.2. The SMILES string of the molecule is ClCCc1nc2ccc(Br)cc2n1-c1ccc(Br)cc1Cl. The Labute approximate surface area is 149 Å². The van der Waals surface area contributed by atoms with Gasteiger partial charge >= 0.3 is 0 Å². The van der Waals surface area contributed by atoms with Gasteiger partial charge in [-0.25, -0.2) is 4.98 Å². The van der Waals surface area contributed by atoms with Gasteiger partial charge in [0.2, 0.25) is 0 Å². The Morgan fingerprint density at radius 2 is 1.76 bits per heavy atom. The van der Waals surface area contributed by atoms with Crippen LogP contribution in [0.3, 0.4) is 0 Å². The zero-order valence-electron chi connectivity index (χ0n) is 10.8. The molecule has 2 nitrogen and oxygen atoms in total. The zero-order chi connectivity index (χ0) is 15.0. The summed E-state index contributed by atoms with van der Waals surface area (Å²) in [5.74, 6) is 1.42. The van der Waals surface area contributed by atoms with E-state index in [4.69, 9.17) is 23.2 Å². The van der Waals surface area contributed by atoms with Crippen molar-refractivity contribution >= 4 is 66.1 Å². The van der Waals surface area contributed by atoms with Crippen molar-refractivity contribution in [1.29, 1.82) is 0 Å². The van der Waals surface area contributed by atoms with Gasteiger partial charge < -0.3 is 0 Å². The smallest absolute Gasteiger partial charge is 0.115 e. The van der Waals surface area contributed by atoms with E-state index in [1.807, 2.05) is 36.4 Å². The molecule has 3 rings (SSSR count). The van der Waals surface area contributed by atoms with Gasteiger partial charge in [0, 0.05) is 21.2 Å². The lowest BCUT2D eigenvalue weighted by molar-refractivity contribution is 0.912. The van der Waals surface area contributed by atoms with E-state index >= 15 is 0 Å². The number of alkyl halides is 1. The highest BCUT2D eigenvalue weighted by Crippen LogP contribution is 2.30. The molecule has 1 heterocycles. The third kappa shape index (κ3) is 3.00. The van der Waals surface area contributed by atoms with Gasteiger partial charge in [-0.1, -0.05) is 43.5 Å². The molecule has 0 aliphatic carbocycles. The van der Waals surface area contributed by atoms with Crippen molar-refractivity contribution in [2.45, 2.75) is 6.42 Å². The first kappa shape index (κ1) is 15.3. The predicted molar refractivity (Wildman–Crippen MR) is 95.9 cm³/mol. The van der Waals surface area contributed by atoms with E-state index in [-0.39, 0.29) is 0 Å². The Morgan fingerprint density at radius 3 is 2.48 bits per heavy atom. The van der Waals surface area contributed by atoms with Gasteiger partial charge in [0.1, 0.15) is 5.82 Å². The second kappa shape index (κ2) is 6.29. The van der Waals surface area contributed by atoms with Crippen LogP contribution in [0.25, 0.3) is 16.7 Å². The summed E-state index contributed by atoms with van der Waals surface area (Å²) in [5, 5.41) is 0.666. The Balaban J connectivity index is 2.32. The summed E-state index contributed by atoms with van der Waals surface area (Å²) in [6.45, 7) is 0. The molecule has 0 bridgehead atoms. The summed E-state index contributed by atoms with van der Waals surface area (Å²) < 4.78 is 4.01. The quantitative estimate of drug-likeness (QED) is 0.450. The molecule has 0 amide bonds. The number of halogens is 4. The molecule has 0 N–H and O–H groups in total. The number of fused-ring (bicyclic) bond motifs is 1. The number of rotatable bonds is 3. The van der Waals surface area contributed by atoms with E-state index in [1.165, 1.54) is 0 Å². The standard InChI is InChI=1S/C15H10Br2Cl2N2/c16-9-2-4-13(11(19)7-9)21-14-8-10(17)1-3-12(14)20-15(21)5-6-18/h1-4,7-8H,5-6H2. The van der Waals surface area contributed by atoms with Gasteiger partial charge in [0.25, 0.3) is 0 Å². The number of aromatic nitrogens is 2. The van der Waals surface area contributed by atoms with Gasteiger partial charge in [0.15, 0.2) is 0 Å². The molecule has 0 aliphatic heterocycles. The Morgan fingerprint density at radius 1 is 1.05 bits per heavy atom. The fourth-order valence-corrected chi connectivity index (χ4v) is 3.56. The van der Waals surface area contributed by atoms with E-state index in [2.05, 4.69) is 41.4 Å². The lowest BCUT2D eigenvalue weighted by Gasteiger charge is -2.11. The molecule has 0 saturated carbocycles. The minimum Gasteiger partial charge on any atom is -0.295 e. The van der Waals surface area contributed by atoms with Crippen molar-refractivity contribution in [3.05, 3.63) is 56.2 Å². The van der Waals surface area contributed by atoms with Crippen LogP contribution in [0.2, 0.25) is 5.02 Å². The third-order valence-electron chi connectivity index (χ3n) is 3.15. The molecule has 0 atom stereocenters. The molecule has 21 heavy (non-hydrogen) atoms. The highest BCUT2D eigenvalue weighted by molar-refractivity contribution is 9.10. The Bertz CT molecular complexity index is 815. The lowest BCUT2D eigenvalue weighted by atomic mass is 10.2. The predicted octanol–water partition coefficient (Wildman–Crippen LogP) is 5.99. The fourth-order valence-electron chi connectivity index (χ4n) is 2.28. The van der Waals surface area contributed by atoms with Crippen molar-refractivity contribution in [2.75, 3.05) is 5.88 Å². The molecule has 6 heteroatoms. The van der Waals surface area contributed by atoms with E-state index in [9.17, 15) is 0 Å². The Kier molecular flexibility index (Phi) is 4.60. The van der Waals surface area contributed by atoms with Crippen LogP contribution < -0.4 is 0 Å². The van der Waals surface area contributed by atoms with Crippen molar-refractivity contribution in [3.8, 4) is 5.69 Å². The van der Waals surface area contributed by atoms with Gasteiger partial charge in [-0.3, -0.25) is 4.57 Å². The second-order valence-corrected chi connectivity index (χ2v) is 7.15. The summed E-state index contributed by atoms with van der Waals surface area (Å²) in [4.78, 5) is 4.67. The molecule has 0 unspecified atom stereocenters. The first-order chi connectivity index (χ1) is 10.1. The summed E-state index contributed by atoms with van der Waals surface area (Å²) in [7, 11) is 0. The van der Waals surface area contributed by atoms with Crippen molar-refractivity contribution in [2.24, 2.45) is 0 Å². The van der Waals surface area contributed by atoms with E-state index < -0.39 is 0 Å². The van der Waals surface area contributed by atoms with Gasteiger partial charge in [0.05, 0.1) is 21.7 Å². The van der Waals surface area contributed by atoms with Gasteiger partial charge in [-0.15, -0.1) is 11.6 Å². The van der Waals surface area contributed by atoms with Crippen LogP contribution in [-0.4, -0.2) is 15.4 Å². The van der Waals surface area contributed by atoms with E-state index in [0.29, 0.717) is 17.3 Å². The fraction of sp³-hybridized carbons (Fsp3) is 0.133. The highest BCUT2D eigenvalue weighted by Gasteiger charge is 2.14. The maximum Gasteiger partial charge on any atom is 0.115 e. The molecular weight excluding hydrogens is 439 g/mol. The van der Waals surface area contributed by atoms with Crippen LogP contribution >= 0.6 is 55.1 Å². The highest BCUT2D eigenvalue weighted by atomic mass is 79.9. The molecule has 1 aromatic heterocycles. The van der Waals surface area contributed by atoms with Crippen molar-refractivity contribution < 1.29 is 0 Å². The van der Waals surface area contributed by atoms with Crippen LogP contribution in [-0.2, 0) is 6.42 Å². The second-order valence-electron chi connectivity index (χ2n) is 4.53. The maximum atomic E-state index is 6.41. The molecular formula is C15H10Br2Cl2N2. The molecule has 0 spiro atoms. The largest absolute Gasteiger partial charge is 0.295 e. The first-order valence-corrected chi connectivity index (χ1v) is 8.78. The average molecular weight is 449 g/mol. The van der Waals surface area contributed by atoms with Gasteiger partial charge in [-0.05, 0) is 36.4 Å². The summed E-state index contributed by atoms with van der Waals surface area (Å²) in [6.07, 6.45) is 0.681. The number of hydrogen-bond donors (Lipinski definition) is 0. The number of imidazole rings is 1. The molecule has 0 aliphatic rings. The zero-order valence-corrected chi connectivity index (χ0v) is 15.5. The third-order valence-corrected chi connectivity index (χ3v) is 4.63. The summed E-state index contributed by atoms with van der Waals surface area (Å²) in [5.41, 5.74) is 2.84. The summed E-state index contributed by atoms with van der Waals surface area (Å²) >= 11 is 19.3. The number of aryl methyl sites for hydroxylation is 1. The molecule has 2 aromatic carbocycles. The van der Waals surface area contributed by atoms with Crippen LogP contribution in [0.15, 0.2) is 45.3 Å². The average Bonchev–Trinajstić information content (AvgIpc) is 2.77. The minimum absolute atomic E-state index is 0.513. The monoisotopic (exact) mass is 446 g/mol. The number of benzene rings is 2. The van der Waals surface area contributed by atoms with E-state index in [1.54, 1.807) is 0 Å². The van der Waals surface area contributed by atoms with Gasteiger partial charge in [-0.2, -0.15) is 0 Å². The molecule has 108 valence electrons. The number of nitrogens with zero attached hydrogens (tertiary/aromatic N) is 2. The van der Waals surface area contributed by atoms with Crippen LogP contribution in [0.4, 0.5) is 0 Å². The van der Waals surface area contributed by atoms with Crippen LogP contribution in [0, 0.1) is 0 Å². The summed E-state index contributed by atoms with van der Waals surface area (Å²) in [6, 6.07) is 11.8. The molecule has 0 fully saturated rings. The first-order valence-electron chi connectivity index (χ1n) is 6.28.